The Morgan fingerprint density at radius 1 is 1.29 bits per heavy atom. The molecule has 1 aliphatic carbocycles. The zero-order valence-corrected chi connectivity index (χ0v) is 14.0. The molecule has 1 saturated carbocycles. The molecule has 1 heterocycles. The van der Waals surface area contributed by atoms with E-state index in [1.165, 1.54) is 36.7 Å². The van der Waals surface area contributed by atoms with Crippen LogP contribution in [0.1, 0.15) is 37.1 Å². The van der Waals surface area contributed by atoms with Crippen LogP contribution < -0.4 is 5.32 Å². The number of halogens is 1. The molecule has 0 unspecified atom stereocenters. The summed E-state index contributed by atoms with van der Waals surface area (Å²) in [6.45, 7) is 0. The molecule has 126 valence electrons. The number of carbonyl (C=O) groups excluding carboxylic acids is 1. The van der Waals surface area contributed by atoms with Gasteiger partial charge in [0.05, 0.1) is 5.75 Å². The van der Waals surface area contributed by atoms with Crippen LogP contribution in [0.15, 0.2) is 29.4 Å². The van der Waals surface area contributed by atoms with E-state index in [0.717, 1.165) is 18.4 Å². The molecule has 0 atom stereocenters. The van der Waals surface area contributed by atoms with Crippen molar-refractivity contribution in [1.29, 1.82) is 0 Å². The molecule has 1 aliphatic rings. The van der Waals surface area contributed by atoms with E-state index in [9.17, 15) is 9.18 Å². The maximum atomic E-state index is 12.8. The number of amides is 1. The molecule has 0 bridgehead atoms. The molecular formula is C17H19FN4OS. The Hall–Kier alpha value is -2.15. The molecule has 7 heteroatoms. The van der Waals surface area contributed by atoms with E-state index in [1.54, 1.807) is 18.2 Å². The monoisotopic (exact) mass is 346 g/mol. The minimum atomic E-state index is -0.263. The van der Waals surface area contributed by atoms with E-state index in [4.69, 9.17) is 0 Å². The number of hydrogen-bond acceptors (Lipinski definition) is 4. The van der Waals surface area contributed by atoms with Gasteiger partial charge in [-0.25, -0.2) is 9.37 Å². The Morgan fingerprint density at radius 2 is 2.04 bits per heavy atom. The third kappa shape index (κ3) is 4.92. The van der Waals surface area contributed by atoms with Crippen molar-refractivity contribution >= 4 is 29.8 Å². The maximum Gasteiger partial charge on any atom is 0.230 e. The predicted molar refractivity (Wildman–Crippen MR) is 92.8 cm³/mol. The van der Waals surface area contributed by atoms with Gasteiger partial charge in [-0.2, -0.15) is 0 Å². The molecule has 24 heavy (non-hydrogen) atoms. The average Bonchev–Trinajstić information content (AvgIpc) is 3.24. The molecule has 5 nitrogen and oxygen atoms in total. The van der Waals surface area contributed by atoms with Gasteiger partial charge in [0, 0.05) is 6.04 Å². The summed E-state index contributed by atoms with van der Waals surface area (Å²) >= 11 is 1.31. The number of aromatic nitrogens is 3. The van der Waals surface area contributed by atoms with Crippen molar-refractivity contribution in [2.75, 3.05) is 5.75 Å². The molecule has 1 amide bonds. The molecule has 0 radical (unpaired) electrons. The number of aromatic amines is 1. The number of benzene rings is 1. The van der Waals surface area contributed by atoms with Crippen molar-refractivity contribution in [2.24, 2.45) is 0 Å². The summed E-state index contributed by atoms with van der Waals surface area (Å²) in [4.78, 5) is 16.2. The van der Waals surface area contributed by atoms with Gasteiger partial charge in [0.25, 0.3) is 0 Å². The van der Waals surface area contributed by atoms with E-state index in [-0.39, 0.29) is 11.7 Å². The highest BCUT2D eigenvalue weighted by atomic mass is 32.2. The van der Waals surface area contributed by atoms with E-state index in [1.807, 2.05) is 6.08 Å². The fourth-order valence-electron chi connectivity index (χ4n) is 2.62. The number of nitrogens with one attached hydrogen (secondary N) is 2. The van der Waals surface area contributed by atoms with Gasteiger partial charge in [0.1, 0.15) is 11.6 Å². The quantitative estimate of drug-likeness (QED) is 0.788. The van der Waals surface area contributed by atoms with Gasteiger partial charge in [-0.1, -0.05) is 42.8 Å². The third-order valence-corrected chi connectivity index (χ3v) is 4.69. The first-order valence-electron chi connectivity index (χ1n) is 7.97. The zero-order valence-electron chi connectivity index (χ0n) is 13.2. The van der Waals surface area contributed by atoms with Crippen LogP contribution in [0, 0.1) is 5.82 Å². The van der Waals surface area contributed by atoms with Crippen molar-refractivity contribution < 1.29 is 9.18 Å². The molecule has 2 N–H and O–H groups in total. The van der Waals surface area contributed by atoms with Crippen molar-refractivity contribution in [3.05, 3.63) is 41.5 Å². The summed E-state index contributed by atoms with van der Waals surface area (Å²) in [6, 6.07) is 6.52. The van der Waals surface area contributed by atoms with E-state index in [0.29, 0.717) is 22.8 Å². The Morgan fingerprint density at radius 3 is 2.79 bits per heavy atom. The Bertz CT molecular complexity index is 708. The van der Waals surface area contributed by atoms with Gasteiger partial charge in [0.2, 0.25) is 11.1 Å². The summed E-state index contributed by atoms with van der Waals surface area (Å²) in [5, 5.41) is 10.5. The number of thioether (sulfide) groups is 1. The van der Waals surface area contributed by atoms with Gasteiger partial charge in [-0.15, -0.1) is 5.10 Å². The maximum absolute atomic E-state index is 12.8. The van der Waals surface area contributed by atoms with Crippen molar-refractivity contribution in [3.63, 3.8) is 0 Å². The standard InChI is InChI=1S/C17H19FN4OS/c18-13-8-5-12(6-9-13)7-10-15-20-17(22-21-15)24-11-16(23)19-14-3-1-2-4-14/h5-10,14H,1-4,11H2,(H,19,23)(H,20,21,22)/b10-7-. The summed E-state index contributed by atoms with van der Waals surface area (Å²) in [5.74, 6) is 0.676. The predicted octanol–water partition coefficient (Wildman–Crippen LogP) is 3.27. The average molecular weight is 346 g/mol. The van der Waals surface area contributed by atoms with Crippen molar-refractivity contribution in [3.8, 4) is 0 Å². The first-order valence-corrected chi connectivity index (χ1v) is 8.96. The van der Waals surface area contributed by atoms with Crippen LogP contribution in [0.2, 0.25) is 0 Å². The van der Waals surface area contributed by atoms with Gasteiger partial charge >= 0.3 is 0 Å². The normalized spacial score (nSPS) is 15.2. The fraction of sp³-hybridized carbons (Fsp3) is 0.353. The number of carbonyl (C=O) groups is 1. The number of H-pyrrole nitrogens is 1. The summed E-state index contributed by atoms with van der Waals surface area (Å²) in [6.07, 6.45) is 8.14. The number of hydrogen-bond donors (Lipinski definition) is 2. The number of nitrogens with zero attached hydrogens (tertiary/aromatic N) is 2. The topological polar surface area (TPSA) is 70.7 Å². The Balaban J connectivity index is 1.48. The Kier molecular flexibility index (Phi) is 5.63. The van der Waals surface area contributed by atoms with Crippen LogP contribution in [-0.2, 0) is 4.79 Å². The van der Waals surface area contributed by atoms with E-state index < -0.39 is 0 Å². The lowest BCUT2D eigenvalue weighted by atomic mass is 10.2. The SMILES string of the molecule is O=C(CSc1n[nH]c(/C=C\c2ccc(F)cc2)n1)NC1CCCC1. The lowest BCUT2D eigenvalue weighted by Crippen LogP contribution is -2.33. The lowest BCUT2D eigenvalue weighted by molar-refractivity contribution is -0.119. The molecule has 0 saturated heterocycles. The van der Waals surface area contributed by atoms with E-state index >= 15 is 0 Å². The summed E-state index contributed by atoms with van der Waals surface area (Å²) in [7, 11) is 0. The van der Waals surface area contributed by atoms with Crippen molar-refractivity contribution in [1.82, 2.24) is 20.5 Å². The van der Waals surface area contributed by atoms with Crippen LogP contribution >= 0.6 is 11.8 Å². The zero-order chi connectivity index (χ0) is 16.8. The van der Waals surface area contributed by atoms with Gasteiger partial charge < -0.3 is 5.32 Å². The molecule has 3 rings (SSSR count). The van der Waals surface area contributed by atoms with Crippen LogP contribution in [0.5, 0.6) is 0 Å². The van der Waals surface area contributed by atoms with Crippen LogP contribution in [0.25, 0.3) is 12.2 Å². The lowest BCUT2D eigenvalue weighted by Gasteiger charge is -2.10. The molecule has 1 aromatic carbocycles. The second-order valence-electron chi connectivity index (χ2n) is 5.73. The molecule has 2 aromatic rings. The third-order valence-electron chi connectivity index (χ3n) is 3.84. The van der Waals surface area contributed by atoms with Gasteiger partial charge in [-0.3, -0.25) is 9.89 Å². The molecule has 0 aliphatic heterocycles. The molecule has 1 fully saturated rings. The second kappa shape index (κ2) is 8.10. The molecule has 1 aromatic heterocycles. The van der Waals surface area contributed by atoms with Crippen LogP contribution in [0.3, 0.4) is 0 Å². The summed E-state index contributed by atoms with van der Waals surface area (Å²) < 4.78 is 12.8. The van der Waals surface area contributed by atoms with E-state index in [2.05, 4.69) is 20.5 Å². The van der Waals surface area contributed by atoms with Crippen molar-refractivity contribution in [2.45, 2.75) is 36.9 Å². The minimum absolute atomic E-state index is 0.0279. The minimum Gasteiger partial charge on any atom is -0.353 e. The molecule has 0 spiro atoms. The molecular weight excluding hydrogens is 327 g/mol. The second-order valence-corrected chi connectivity index (χ2v) is 6.67. The van der Waals surface area contributed by atoms with Crippen LogP contribution in [0.4, 0.5) is 4.39 Å². The highest BCUT2D eigenvalue weighted by Crippen LogP contribution is 2.18. The van der Waals surface area contributed by atoms with Gasteiger partial charge in [-0.05, 0) is 36.6 Å². The summed E-state index contributed by atoms with van der Waals surface area (Å²) in [5.41, 5.74) is 0.873. The fourth-order valence-corrected chi connectivity index (χ4v) is 3.23. The number of rotatable bonds is 6. The highest BCUT2D eigenvalue weighted by molar-refractivity contribution is 7.99. The highest BCUT2D eigenvalue weighted by Gasteiger charge is 2.17. The van der Waals surface area contributed by atoms with Gasteiger partial charge in [0.15, 0.2) is 0 Å². The smallest absolute Gasteiger partial charge is 0.230 e. The largest absolute Gasteiger partial charge is 0.353 e. The first-order chi connectivity index (χ1) is 11.7. The van der Waals surface area contributed by atoms with Crippen LogP contribution in [-0.4, -0.2) is 32.9 Å². The first kappa shape index (κ1) is 16.7. The Labute approximate surface area is 144 Å².